The van der Waals surface area contributed by atoms with Gasteiger partial charge >= 0.3 is 0 Å². The second-order valence-corrected chi connectivity index (χ2v) is 5.05. The third kappa shape index (κ3) is 2.96. The zero-order valence-electron chi connectivity index (χ0n) is 10.2. The summed E-state index contributed by atoms with van der Waals surface area (Å²) in [7, 11) is 0. The highest BCUT2D eigenvalue weighted by molar-refractivity contribution is 9.10. The molecule has 0 fully saturated rings. The predicted molar refractivity (Wildman–Crippen MR) is 76.9 cm³/mol. The monoisotopic (exact) mass is 305 g/mol. The minimum Gasteiger partial charge on any atom is -0.271 e. The first-order chi connectivity index (χ1) is 8.72. The maximum absolute atomic E-state index is 5.68. The van der Waals surface area contributed by atoms with Crippen molar-refractivity contribution in [3.8, 4) is 0 Å². The Hall–Kier alpha value is -1.23. The summed E-state index contributed by atoms with van der Waals surface area (Å²) in [6.45, 7) is 2.00. The summed E-state index contributed by atoms with van der Waals surface area (Å²) < 4.78 is 1.10. The molecule has 0 aliphatic rings. The number of halogens is 1. The van der Waals surface area contributed by atoms with Gasteiger partial charge in [0.25, 0.3) is 0 Å². The van der Waals surface area contributed by atoms with Gasteiger partial charge in [0.15, 0.2) is 0 Å². The van der Waals surface area contributed by atoms with Gasteiger partial charge in [-0.1, -0.05) is 40.2 Å². The minimum atomic E-state index is 0.0670. The highest BCUT2D eigenvalue weighted by Gasteiger charge is 2.14. The van der Waals surface area contributed by atoms with E-state index in [-0.39, 0.29) is 6.04 Å². The Kier molecular flexibility index (Phi) is 4.47. The fraction of sp³-hybridized carbons (Fsp3) is 0.214. The molecular weight excluding hydrogens is 290 g/mol. The number of nitrogens with one attached hydrogen (secondary N) is 1. The van der Waals surface area contributed by atoms with Gasteiger partial charge in [0.2, 0.25) is 0 Å². The van der Waals surface area contributed by atoms with Crippen LogP contribution in [0.1, 0.15) is 22.9 Å². The Morgan fingerprint density at radius 1 is 1.28 bits per heavy atom. The van der Waals surface area contributed by atoms with Crippen LogP contribution in [-0.4, -0.2) is 4.98 Å². The van der Waals surface area contributed by atoms with Crippen molar-refractivity contribution in [1.82, 2.24) is 10.4 Å². The smallest absolute Gasteiger partial charge is 0.0518 e. The lowest BCUT2D eigenvalue weighted by atomic mass is 9.98. The molecule has 1 unspecified atom stereocenters. The van der Waals surface area contributed by atoms with Crippen LogP contribution in [0, 0.1) is 6.92 Å². The normalized spacial score (nSPS) is 12.4. The number of hydrogen-bond donors (Lipinski definition) is 2. The van der Waals surface area contributed by atoms with Crippen molar-refractivity contribution in [2.45, 2.75) is 19.4 Å². The van der Waals surface area contributed by atoms with Crippen LogP contribution in [0.25, 0.3) is 0 Å². The molecule has 0 saturated carbocycles. The molecular formula is C14H16BrN3. The minimum absolute atomic E-state index is 0.0670. The predicted octanol–water partition coefficient (Wildman–Crippen LogP) is 2.90. The largest absolute Gasteiger partial charge is 0.271 e. The number of hydrazine groups is 1. The fourth-order valence-corrected chi connectivity index (χ4v) is 2.45. The zero-order valence-corrected chi connectivity index (χ0v) is 11.8. The van der Waals surface area contributed by atoms with Gasteiger partial charge in [0.05, 0.1) is 6.04 Å². The van der Waals surface area contributed by atoms with E-state index in [1.807, 2.05) is 31.2 Å². The molecule has 0 radical (unpaired) electrons. The lowest BCUT2D eigenvalue weighted by Gasteiger charge is -2.18. The molecule has 0 spiro atoms. The number of nitrogens with two attached hydrogens (primary N) is 1. The molecule has 3 N–H and O–H groups in total. The highest BCUT2D eigenvalue weighted by Crippen LogP contribution is 2.24. The number of aryl methyl sites for hydroxylation is 1. The quantitative estimate of drug-likeness (QED) is 0.674. The van der Waals surface area contributed by atoms with E-state index in [2.05, 4.69) is 38.5 Å². The first kappa shape index (κ1) is 13.2. The SMILES string of the molecule is Cc1ncccc1C(Cc1ccccc1Br)NN. The molecule has 4 heteroatoms. The lowest BCUT2D eigenvalue weighted by molar-refractivity contribution is 0.546. The lowest BCUT2D eigenvalue weighted by Crippen LogP contribution is -2.30. The van der Waals surface area contributed by atoms with E-state index in [9.17, 15) is 0 Å². The summed E-state index contributed by atoms with van der Waals surface area (Å²) in [5.41, 5.74) is 6.24. The summed E-state index contributed by atoms with van der Waals surface area (Å²) >= 11 is 3.56. The van der Waals surface area contributed by atoms with Gasteiger partial charge in [-0.05, 0) is 36.6 Å². The molecule has 2 aromatic rings. The van der Waals surface area contributed by atoms with Crippen LogP contribution in [-0.2, 0) is 6.42 Å². The number of hydrogen-bond acceptors (Lipinski definition) is 3. The van der Waals surface area contributed by atoms with Crippen molar-refractivity contribution in [3.63, 3.8) is 0 Å². The van der Waals surface area contributed by atoms with E-state index in [4.69, 9.17) is 5.84 Å². The number of pyridine rings is 1. The maximum atomic E-state index is 5.68. The second kappa shape index (κ2) is 6.09. The van der Waals surface area contributed by atoms with Gasteiger partial charge in [0.1, 0.15) is 0 Å². The Labute approximate surface area is 116 Å². The molecule has 1 aromatic carbocycles. The molecule has 0 bridgehead atoms. The average molecular weight is 306 g/mol. The van der Waals surface area contributed by atoms with Crippen molar-refractivity contribution < 1.29 is 0 Å². The third-order valence-corrected chi connectivity index (χ3v) is 3.78. The molecule has 1 atom stereocenters. The topological polar surface area (TPSA) is 50.9 Å². The molecule has 18 heavy (non-hydrogen) atoms. The Balaban J connectivity index is 2.26. The van der Waals surface area contributed by atoms with E-state index in [1.165, 1.54) is 5.56 Å². The Morgan fingerprint density at radius 3 is 2.72 bits per heavy atom. The first-order valence-corrected chi connectivity index (χ1v) is 6.62. The summed E-state index contributed by atoms with van der Waals surface area (Å²) in [5.74, 6) is 5.68. The van der Waals surface area contributed by atoms with Crippen molar-refractivity contribution in [2.24, 2.45) is 5.84 Å². The zero-order chi connectivity index (χ0) is 13.0. The number of rotatable bonds is 4. The first-order valence-electron chi connectivity index (χ1n) is 5.83. The van der Waals surface area contributed by atoms with Crippen molar-refractivity contribution in [2.75, 3.05) is 0 Å². The van der Waals surface area contributed by atoms with Gasteiger partial charge < -0.3 is 0 Å². The number of benzene rings is 1. The molecule has 0 aliphatic carbocycles. The van der Waals surface area contributed by atoms with Crippen LogP contribution < -0.4 is 11.3 Å². The molecule has 1 aromatic heterocycles. The van der Waals surface area contributed by atoms with Crippen molar-refractivity contribution in [3.05, 3.63) is 63.9 Å². The molecule has 3 nitrogen and oxygen atoms in total. The van der Waals surface area contributed by atoms with E-state index in [0.717, 1.165) is 22.2 Å². The van der Waals surface area contributed by atoms with Gasteiger partial charge in [-0.25, -0.2) is 0 Å². The van der Waals surface area contributed by atoms with E-state index in [1.54, 1.807) is 6.20 Å². The van der Waals surface area contributed by atoms with E-state index >= 15 is 0 Å². The summed E-state index contributed by atoms with van der Waals surface area (Å²) in [5, 5.41) is 0. The molecule has 0 saturated heterocycles. The van der Waals surface area contributed by atoms with Crippen molar-refractivity contribution in [1.29, 1.82) is 0 Å². The van der Waals surface area contributed by atoms with Crippen LogP contribution in [0.15, 0.2) is 47.1 Å². The number of aromatic nitrogens is 1. The molecule has 2 rings (SSSR count). The summed E-state index contributed by atoms with van der Waals surface area (Å²) in [4.78, 5) is 4.30. The second-order valence-electron chi connectivity index (χ2n) is 4.19. The van der Waals surface area contributed by atoms with Crippen LogP contribution in [0.2, 0.25) is 0 Å². The molecule has 0 aliphatic heterocycles. The summed E-state index contributed by atoms with van der Waals surface area (Å²) in [6, 6.07) is 12.2. The van der Waals surface area contributed by atoms with Crippen LogP contribution in [0.5, 0.6) is 0 Å². The number of nitrogens with zero attached hydrogens (tertiary/aromatic N) is 1. The maximum Gasteiger partial charge on any atom is 0.0518 e. The van der Waals surface area contributed by atoms with E-state index < -0.39 is 0 Å². The van der Waals surface area contributed by atoms with Gasteiger partial charge in [-0.2, -0.15) is 0 Å². The summed E-state index contributed by atoms with van der Waals surface area (Å²) in [6.07, 6.45) is 2.62. The molecule has 94 valence electrons. The Morgan fingerprint density at radius 2 is 2.06 bits per heavy atom. The fourth-order valence-electron chi connectivity index (χ4n) is 2.01. The highest BCUT2D eigenvalue weighted by atomic mass is 79.9. The standard InChI is InChI=1S/C14H16BrN3/c1-10-12(6-4-8-17-10)14(18-16)9-11-5-2-3-7-13(11)15/h2-8,14,18H,9,16H2,1H3. The molecule has 0 amide bonds. The van der Waals surface area contributed by atoms with Gasteiger partial charge in [-0.15, -0.1) is 0 Å². The average Bonchev–Trinajstić information content (AvgIpc) is 2.39. The Bertz CT molecular complexity index is 528. The van der Waals surface area contributed by atoms with Crippen LogP contribution >= 0.6 is 15.9 Å². The third-order valence-electron chi connectivity index (χ3n) is 3.01. The van der Waals surface area contributed by atoms with E-state index in [0.29, 0.717) is 0 Å². The molecule has 1 heterocycles. The van der Waals surface area contributed by atoms with Crippen molar-refractivity contribution >= 4 is 15.9 Å². The van der Waals surface area contributed by atoms with Crippen LogP contribution in [0.3, 0.4) is 0 Å². The van der Waals surface area contributed by atoms with Gasteiger partial charge in [-0.3, -0.25) is 16.3 Å². The van der Waals surface area contributed by atoms with Gasteiger partial charge in [0, 0.05) is 16.4 Å². The van der Waals surface area contributed by atoms with Crippen LogP contribution in [0.4, 0.5) is 0 Å².